The van der Waals surface area contributed by atoms with Crippen LogP contribution in [0.5, 0.6) is 0 Å². The number of likely N-dealkylation sites (N-methyl/N-ethyl adjacent to an activating group) is 1. The number of carboxylic acid groups (broad SMARTS) is 1. The Kier molecular flexibility index (Phi) is 3.75. The second-order valence-corrected chi connectivity index (χ2v) is 6.85. The molecule has 6 heteroatoms. The Morgan fingerprint density at radius 3 is 2.86 bits per heavy atom. The minimum atomic E-state index is -0.707. The molecule has 2 aliphatic heterocycles. The third-order valence-electron chi connectivity index (χ3n) is 5.01. The summed E-state index contributed by atoms with van der Waals surface area (Å²) in [7, 11) is 1.97. The van der Waals surface area contributed by atoms with Crippen LogP contribution in [0.1, 0.15) is 29.6 Å². The Morgan fingerprint density at radius 1 is 1.38 bits per heavy atom. The second-order valence-electron chi connectivity index (χ2n) is 6.07. The Balaban J connectivity index is 1.82. The average molecular weight is 308 g/mol. The number of rotatable bonds is 2. The second kappa shape index (κ2) is 5.42. The van der Waals surface area contributed by atoms with Gasteiger partial charge in [0.2, 0.25) is 0 Å². The Bertz CT molecular complexity index is 545. The van der Waals surface area contributed by atoms with Crippen molar-refractivity contribution in [2.45, 2.75) is 25.3 Å². The molecule has 0 unspecified atom stereocenters. The van der Waals surface area contributed by atoms with E-state index in [9.17, 15) is 14.7 Å². The van der Waals surface area contributed by atoms with Crippen LogP contribution in [0.3, 0.4) is 0 Å². The quantitative estimate of drug-likeness (QED) is 0.904. The van der Waals surface area contributed by atoms with Crippen molar-refractivity contribution in [3.63, 3.8) is 0 Å². The number of hydrogen-bond acceptors (Lipinski definition) is 4. The molecule has 5 nitrogen and oxygen atoms in total. The summed E-state index contributed by atoms with van der Waals surface area (Å²) in [6.07, 6.45) is 2.18. The fourth-order valence-corrected chi connectivity index (χ4v) is 4.37. The van der Waals surface area contributed by atoms with Gasteiger partial charge in [-0.2, -0.15) is 11.3 Å². The van der Waals surface area contributed by atoms with Crippen molar-refractivity contribution >= 4 is 23.2 Å². The van der Waals surface area contributed by atoms with Crippen LogP contribution in [-0.4, -0.2) is 59.5 Å². The monoisotopic (exact) mass is 308 g/mol. The zero-order valence-electron chi connectivity index (χ0n) is 12.1. The number of nitrogens with zero attached hydrogens (tertiary/aromatic N) is 2. The van der Waals surface area contributed by atoms with E-state index in [-0.39, 0.29) is 11.9 Å². The summed E-state index contributed by atoms with van der Waals surface area (Å²) in [5.41, 5.74) is 0.0274. The fraction of sp³-hybridized carbons (Fsp3) is 0.600. The molecule has 0 aromatic carbocycles. The molecule has 1 N–H and O–H groups in total. The Morgan fingerprint density at radius 2 is 2.19 bits per heavy atom. The molecule has 0 aliphatic carbocycles. The minimum absolute atomic E-state index is 0.0224. The third-order valence-corrected chi connectivity index (χ3v) is 5.69. The maximum Gasteiger partial charge on any atom is 0.311 e. The van der Waals surface area contributed by atoms with Gasteiger partial charge in [-0.15, -0.1) is 0 Å². The van der Waals surface area contributed by atoms with Crippen LogP contribution in [0.4, 0.5) is 0 Å². The van der Waals surface area contributed by atoms with E-state index in [1.807, 2.05) is 28.8 Å². The Labute approximate surface area is 128 Å². The number of piperidine rings is 2. The minimum Gasteiger partial charge on any atom is -0.481 e. The van der Waals surface area contributed by atoms with Crippen molar-refractivity contribution < 1.29 is 14.7 Å². The standard InChI is InChI=1S/C15H20N2O3S/c1-16-6-2-4-15(14(19)20)5-7-17(9-12(15)16)13(18)11-3-8-21-10-11/h3,8,10,12H,2,4-7,9H2,1H3,(H,19,20)/t12-,15+/m1/s1. The van der Waals surface area contributed by atoms with E-state index in [1.165, 1.54) is 11.3 Å². The van der Waals surface area contributed by atoms with E-state index in [1.54, 1.807) is 0 Å². The molecule has 0 bridgehead atoms. The molecule has 2 fully saturated rings. The van der Waals surface area contributed by atoms with Crippen LogP contribution in [0.15, 0.2) is 16.8 Å². The van der Waals surface area contributed by atoms with Gasteiger partial charge in [-0.25, -0.2) is 0 Å². The molecule has 1 aromatic rings. The van der Waals surface area contributed by atoms with Crippen LogP contribution in [-0.2, 0) is 4.79 Å². The summed E-state index contributed by atoms with van der Waals surface area (Å²) in [5.74, 6) is -0.684. The number of aliphatic carboxylic acids is 1. The highest BCUT2D eigenvalue weighted by Gasteiger charge is 2.52. The number of amides is 1. The van der Waals surface area contributed by atoms with Crippen LogP contribution in [0, 0.1) is 5.41 Å². The predicted octanol–water partition coefficient (Wildman–Crippen LogP) is 1.76. The summed E-state index contributed by atoms with van der Waals surface area (Å²) < 4.78 is 0. The first-order valence-corrected chi connectivity index (χ1v) is 8.24. The molecule has 3 heterocycles. The molecule has 0 radical (unpaired) electrons. The van der Waals surface area contributed by atoms with Crippen molar-refractivity contribution in [2.75, 3.05) is 26.7 Å². The lowest BCUT2D eigenvalue weighted by Gasteiger charge is -2.51. The SMILES string of the molecule is CN1CCC[C@]2(C(=O)O)CCN(C(=O)c3ccsc3)C[C@@H]12. The van der Waals surface area contributed by atoms with Gasteiger partial charge >= 0.3 is 5.97 Å². The van der Waals surface area contributed by atoms with E-state index < -0.39 is 11.4 Å². The van der Waals surface area contributed by atoms with E-state index in [4.69, 9.17) is 0 Å². The van der Waals surface area contributed by atoms with Crippen molar-refractivity contribution in [2.24, 2.45) is 5.41 Å². The molecular formula is C15H20N2O3S. The van der Waals surface area contributed by atoms with E-state index in [2.05, 4.69) is 4.90 Å². The lowest BCUT2D eigenvalue weighted by Crippen LogP contribution is -2.63. The lowest BCUT2D eigenvalue weighted by atomic mass is 9.68. The van der Waals surface area contributed by atoms with E-state index >= 15 is 0 Å². The first-order valence-electron chi connectivity index (χ1n) is 7.30. The number of fused-ring (bicyclic) bond motifs is 1. The van der Waals surface area contributed by atoms with Crippen LogP contribution in [0.2, 0.25) is 0 Å². The topological polar surface area (TPSA) is 60.9 Å². The zero-order chi connectivity index (χ0) is 15.0. The number of hydrogen-bond donors (Lipinski definition) is 1. The number of thiophene rings is 1. The maximum absolute atomic E-state index is 12.5. The van der Waals surface area contributed by atoms with Crippen LogP contribution in [0.25, 0.3) is 0 Å². The highest BCUT2D eigenvalue weighted by atomic mass is 32.1. The normalized spacial score (nSPS) is 30.0. The number of carbonyl (C=O) groups is 2. The van der Waals surface area contributed by atoms with Crippen molar-refractivity contribution in [3.8, 4) is 0 Å². The van der Waals surface area contributed by atoms with Gasteiger partial charge in [-0.05, 0) is 44.3 Å². The molecule has 1 amide bonds. The molecule has 2 aliphatic rings. The van der Waals surface area contributed by atoms with Gasteiger partial charge in [-0.3, -0.25) is 9.59 Å². The highest BCUT2D eigenvalue weighted by molar-refractivity contribution is 7.08. The molecule has 114 valence electrons. The molecule has 3 rings (SSSR count). The van der Waals surface area contributed by atoms with E-state index in [0.717, 1.165) is 19.4 Å². The van der Waals surface area contributed by atoms with Crippen LogP contribution >= 0.6 is 11.3 Å². The summed E-state index contributed by atoms with van der Waals surface area (Å²) in [6, 6.07) is 1.75. The molecule has 0 saturated carbocycles. The predicted molar refractivity (Wildman–Crippen MR) is 80.6 cm³/mol. The van der Waals surface area contributed by atoms with Gasteiger partial charge in [-0.1, -0.05) is 0 Å². The first kappa shape index (κ1) is 14.5. The molecule has 1 aromatic heterocycles. The largest absolute Gasteiger partial charge is 0.481 e. The lowest BCUT2D eigenvalue weighted by molar-refractivity contribution is -0.161. The Hall–Kier alpha value is -1.40. The van der Waals surface area contributed by atoms with Gasteiger partial charge in [0.1, 0.15) is 0 Å². The van der Waals surface area contributed by atoms with Crippen LogP contribution < -0.4 is 0 Å². The first-order chi connectivity index (χ1) is 10.0. The van der Waals surface area contributed by atoms with Crippen molar-refractivity contribution in [1.29, 1.82) is 0 Å². The van der Waals surface area contributed by atoms with E-state index in [0.29, 0.717) is 25.1 Å². The molecule has 2 atom stereocenters. The molecular weight excluding hydrogens is 288 g/mol. The summed E-state index contributed by atoms with van der Waals surface area (Å²) in [6.45, 7) is 1.95. The molecule has 0 spiro atoms. The number of carbonyl (C=O) groups excluding carboxylic acids is 1. The maximum atomic E-state index is 12.5. The summed E-state index contributed by atoms with van der Waals surface area (Å²) in [5, 5.41) is 13.5. The van der Waals surface area contributed by atoms with Gasteiger partial charge in [0.05, 0.1) is 11.0 Å². The van der Waals surface area contributed by atoms with Gasteiger partial charge in [0.15, 0.2) is 0 Å². The van der Waals surface area contributed by atoms with Gasteiger partial charge < -0.3 is 14.9 Å². The summed E-state index contributed by atoms with van der Waals surface area (Å²) in [4.78, 5) is 28.2. The molecule has 2 saturated heterocycles. The van der Waals surface area contributed by atoms with Crippen molar-refractivity contribution in [3.05, 3.63) is 22.4 Å². The third kappa shape index (κ3) is 2.36. The van der Waals surface area contributed by atoms with Gasteiger partial charge in [0, 0.05) is 24.5 Å². The smallest absolute Gasteiger partial charge is 0.311 e. The highest BCUT2D eigenvalue weighted by Crippen LogP contribution is 2.42. The number of carboxylic acids is 1. The van der Waals surface area contributed by atoms with Crippen molar-refractivity contribution in [1.82, 2.24) is 9.80 Å². The fourth-order valence-electron chi connectivity index (χ4n) is 3.74. The zero-order valence-corrected chi connectivity index (χ0v) is 12.9. The van der Waals surface area contributed by atoms with Gasteiger partial charge in [0.25, 0.3) is 5.91 Å². The summed E-state index contributed by atoms with van der Waals surface area (Å²) >= 11 is 1.51. The number of likely N-dealkylation sites (tertiary alicyclic amines) is 2. The molecule has 21 heavy (non-hydrogen) atoms. The average Bonchev–Trinajstić information content (AvgIpc) is 3.00.